The smallest absolute Gasteiger partial charge is 0.339 e. The molecule has 0 saturated heterocycles. The Morgan fingerprint density at radius 1 is 1.13 bits per heavy atom. The van der Waals surface area contributed by atoms with Crippen molar-refractivity contribution in [2.24, 2.45) is 0 Å². The molecule has 1 N–H and O–H groups in total. The Bertz CT molecular complexity index is 1070. The molecule has 0 radical (unpaired) electrons. The molecule has 10 heteroatoms. The van der Waals surface area contributed by atoms with Gasteiger partial charge in [0.25, 0.3) is 0 Å². The number of hydrogen-bond donors (Lipinski definition) is 1. The highest BCUT2D eigenvalue weighted by Gasteiger charge is 2.19. The number of aryl methyl sites for hydroxylation is 1. The van der Waals surface area contributed by atoms with Crippen LogP contribution in [0.4, 0.5) is 5.69 Å². The van der Waals surface area contributed by atoms with Crippen molar-refractivity contribution in [3.05, 3.63) is 52.5 Å². The Morgan fingerprint density at radius 2 is 1.84 bits per heavy atom. The predicted molar refractivity (Wildman–Crippen MR) is 118 cm³/mol. The Morgan fingerprint density at radius 3 is 2.45 bits per heavy atom. The SMILES string of the molecule is CCOC(=O)c1cc(NC(=O)CCc2cc(S(=O)(=O)N(C)C)ccc2OC)ccc1Cl. The quantitative estimate of drug-likeness (QED) is 0.566. The molecule has 2 aromatic rings. The van der Waals surface area contributed by atoms with Gasteiger partial charge in [-0.15, -0.1) is 0 Å². The van der Waals surface area contributed by atoms with E-state index in [1.165, 1.54) is 45.5 Å². The maximum atomic E-state index is 12.4. The molecule has 0 unspecified atom stereocenters. The summed E-state index contributed by atoms with van der Waals surface area (Å²) >= 11 is 6.03. The fourth-order valence-electron chi connectivity index (χ4n) is 2.76. The number of methoxy groups -OCH3 is 1. The molecule has 0 aliphatic heterocycles. The standard InChI is InChI=1S/C21H25ClN2O6S/c1-5-30-21(26)17-13-15(7-9-18(17)22)23-20(25)11-6-14-12-16(8-10-19(14)29-4)31(27,28)24(2)3/h7-10,12-13H,5-6,11H2,1-4H3,(H,23,25). The third-order valence-corrected chi connectivity index (χ3v) is 6.54. The van der Waals surface area contributed by atoms with Crippen molar-refractivity contribution in [2.75, 3.05) is 33.1 Å². The summed E-state index contributed by atoms with van der Waals surface area (Å²) in [5, 5.41) is 2.93. The van der Waals surface area contributed by atoms with Gasteiger partial charge in [-0.2, -0.15) is 0 Å². The summed E-state index contributed by atoms with van der Waals surface area (Å²) in [5.41, 5.74) is 1.14. The summed E-state index contributed by atoms with van der Waals surface area (Å²) in [6.45, 7) is 1.89. The second-order valence-corrected chi connectivity index (χ2v) is 9.28. The van der Waals surface area contributed by atoms with Crippen molar-refractivity contribution < 1.29 is 27.5 Å². The number of anilines is 1. The fourth-order valence-corrected chi connectivity index (χ4v) is 3.91. The highest BCUT2D eigenvalue weighted by atomic mass is 35.5. The van der Waals surface area contributed by atoms with Gasteiger partial charge in [-0.3, -0.25) is 4.79 Å². The van der Waals surface area contributed by atoms with E-state index in [2.05, 4.69) is 5.32 Å². The van der Waals surface area contributed by atoms with Crippen molar-refractivity contribution in [1.29, 1.82) is 0 Å². The third kappa shape index (κ3) is 6.19. The van der Waals surface area contributed by atoms with Gasteiger partial charge in [0.15, 0.2) is 0 Å². The van der Waals surface area contributed by atoms with Crippen LogP contribution in [0.5, 0.6) is 5.75 Å². The number of carbonyl (C=O) groups is 2. The van der Waals surface area contributed by atoms with Crippen molar-refractivity contribution in [1.82, 2.24) is 4.31 Å². The van der Waals surface area contributed by atoms with Crippen molar-refractivity contribution >= 4 is 39.2 Å². The summed E-state index contributed by atoms with van der Waals surface area (Å²) in [6.07, 6.45) is 0.323. The molecule has 31 heavy (non-hydrogen) atoms. The van der Waals surface area contributed by atoms with Crippen LogP contribution in [0.15, 0.2) is 41.3 Å². The third-order valence-electron chi connectivity index (χ3n) is 4.40. The second-order valence-electron chi connectivity index (χ2n) is 6.72. The average molecular weight is 469 g/mol. The summed E-state index contributed by atoms with van der Waals surface area (Å²) < 4.78 is 36.1. The number of amides is 1. The van der Waals surface area contributed by atoms with Crippen LogP contribution in [0.3, 0.4) is 0 Å². The molecular formula is C21H25ClN2O6S. The van der Waals surface area contributed by atoms with Crippen LogP contribution in [-0.4, -0.2) is 52.4 Å². The van der Waals surface area contributed by atoms with Gasteiger partial charge >= 0.3 is 5.97 Å². The van der Waals surface area contributed by atoms with Crippen molar-refractivity contribution in [2.45, 2.75) is 24.7 Å². The van der Waals surface area contributed by atoms with Crippen LogP contribution in [0.25, 0.3) is 0 Å². The summed E-state index contributed by atoms with van der Waals surface area (Å²) in [5.74, 6) is -0.408. The van der Waals surface area contributed by atoms with E-state index in [-0.39, 0.29) is 40.8 Å². The molecule has 0 heterocycles. The van der Waals surface area contributed by atoms with E-state index in [4.69, 9.17) is 21.1 Å². The highest BCUT2D eigenvalue weighted by molar-refractivity contribution is 7.89. The maximum Gasteiger partial charge on any atom is 0.339 e. The lowest BCUT2D eigenvalue weighted by molar-refractivity contribution is -0.116. The number of ether oxygens (including phenoxy) is 2. The molecular weight excluding hydrogens is 444 g/mol. The Labute approximate surface area is 187 Å². The molecule has 1 amide bonds. The second kappa shape index (κ2) is 10.6. The maximum absolute atomic E-state index is 12.4. The number of nitrogens with zero attached hydrogens (tertiary/aromatic N) is 1. The van der Waals surface area contributed by atoms with Gasteiger partial charge in [0.1, 0.15) is 5.75 Å². The molecule has 0 aliphatic rings. The zero-order valence-electron chi connectivity index (χ0n) is 17.8. The molecule has 0 bridgehead atoms. The largest absolute Gasteiger partial charge is 0.496 e. The minimum atomic E-state index is -3.61. The van der Waals surface area contributed by atoms with Gasteiger partial charge in [-0.25, -0.2) is 17.5 Å². The number of halogens is 1. The van der Waals surface area contributed by atoms with Crippen LogP contribution in [0.1, 0.15) is 29.3 Å². The topological polar surface area (TPSA) is 102 Å². The van der Waals surface area contributed by atoms with Crippen LogP contribution in [0.2, 0.25) is 5.02 Å². The summed E-state index contributed by atoms with van der Waals surface area (Å²) in [7, 11) is 0.759. The van der Waals surface area contributed by atoms with Crippen LogP contribution in [0, 0.1) is 0 Å². The number of sulfonamides is 1. The average Bonchev–Trinajstić information content (AvgIpc) is 2.73. The predicted octanol–water partition coefficient (Wildman–Crippen LogP) is 3.35. The minimum absolute atomic E-state index is 0.0686. The van der Waals surface area contributed by atoms with Crippen LogP contribution >= 0.6 is 11.6 Å². The number of nitrogens with one attached hydrogen (secondary N) is 1. The van der Waals surface area contributed by atoms with Crippen LogP contribution < -0.4 is 10.1 Å². The molecule has 2 rings (SSSR count). The number of rotatable bonds is 9. The molecule has 0 atom stereocenters. The Hall–Kier alpha value is -2.62. The highest BCUT2D eigenvalue weighted by Crippen LogP contribution is 2.26. The Kier molecular flexibility index (Phi) is 8.43. The summed E-state index contributed by atoms with van der Waals surface area (Å²) in [6, 6.07) is 9.05. The van der Waals surface area contributed by atoms with E-state index < -0.39 is 16.0 Å². The normalized spacial score (nSPS) is 11.3. The molecule has 2 aromatic carbocycles. The lowest BCUT2D eigenvalue weighted by Crippen LogP contribution is -2.22. The molecule has 0 aromatic heterocycles. The molecule has 8 nitrogen and oxygen atoms in total. The van der Waals surface area contributed by atoms with E-state index in [1.54, 1.807) is 19.1 Å². The van der Waals surface area contributed by atoms with E-state index in [1.807, 2.05) is 0 Å². The Balaban J connectivity index is 2.14. The molecule has 0 saturated carbocycles. The molecule has 0 spiro atoms. The first kappa shape index (κ1) is 24.6. The van der Waals surface area contributed by atoms with Gasteiger partial charge < -0.3 is 14.8 Å². The number of benzene rings is 2. The van der Waals surface area contributed by atoms with Gasteiger partial charge in [0, 0.05) is 26.2 Å². The van der Waals surface area contributed by atoms with Crippen LogP contribution in [-0.2, 0) is 26.0 Å². The van der Waals surface area contributed by atoms with Gasteiger partial charge in [0.2, 0.25) is 15.9 Å². The fraction of sp³-hybridized carbons (Fsp3) is 0.333. The van der Waals surface area contributed by atoms with E-state index in [0.717, 1.165) is 4.31 Å². The molecule has 0 aliphatic carbocycles. The zero-order valence-corrected chi connectivity index (χ0v) is 19.3. The van der Waals surface area contributed by atoms with E-state index >= 15 is 0 Å². The minimum Gasteiger partial charge on any atom is -0.496 e. The lowest BCUT2D eigenvalue weighted by atomic mass is 10.1. The first-order valence-corrected chi connectivity index (χ1v) is 11.3. The monoisotopic (exact) mass is 468 g/mol. The van der Waals surface area contributed by atoms with Crippen molar-refractivity contribution in [3.8, 4) is 5.75 Å². The van der Waals surface area contributed by atoms with Gasteiger partial charge in [0.05, 0.1) is 29.2 Å². The number of esters is 1. The first-order chi connectivity index (χ1) is 14.6. The van der Waals surface area contributed by atoms with Gasteiger partial charge in [-0.1, -0.05) is 11.6 Å². The number of hydrogen-bond acceptors (Lipinski definition) is 6. The number of carbonyl (C=O) groups excluding carboxylic acids is 2. The zero-order chi connectivity index (χ0) is 23.2. The summed E-state index contributed by atoms with van der Waals surface area (Å²) in [4.78, 5) is 24.5. The van der Waals surface area contributed by atoms with E-state index in [0.29, 0.717) is 17.0 Å². The molecule has 168 valence electrons. The lowest BCUT2D eigenvalue weighted by Gasteiger charge is -2.14. The first-order valence-electron chi connectivity index (χ1n) is 9.46. The van der Waals surface area contributed by atoms with Crippen molar-refractivity contribution in [3.63, 3.8) is 0 Å². The van der Waals surface area contributed by atoms with E-state index in [9.17, 15) is 18.0 Å². The van der Waals surface area contributed by atoms with Gasteiger partial charge in [-0.05, 0) is 55.3 Å². The molecule has 0 fully saturated rings.